The summed E-state index contributed by atoms with van der Waals surface area (Å²) in [5.41, 5.74) is 5.31. The number of nitrogens with two attached hydrogens (primary N) is 1. The van der Waals surface area contributed by atoms with E-state index in [2.05, 4.69) is 4.98 Å². The van der Waals surface area contributed by atoms with Crippen LogP contribution in [-0.4, -0.2) is 9.55 Å². The van der Waals surface area contributed by atoms with Crippen molar-refractivity contribution in [2.24, 2.45) is 0 Å². The Hall–Kier alpha value is -1.72. The second-order valence-electron chi connectivity index (χ2n) is 3.83. The van der Waals surface area contributed by atoms with Crippen molar-refractivity contribution in [2.75, 3.05) is 5.73 Å². The van der Waals surface area contributed by atoms with Crippen molar-refractivity contribution in [3.8, 4) is 0 Å². The van der Waals surface area contributed by atoms with Gasteiger partial charge in [-0.05, 0) is 26.0 Å². The molecule has 0 amide bonds. The summed E-state index contributed by atoms with van der Waals surface area (Å²) in [6.45, 7) is 4.31. The molecule has 0 unspecified atom stereocenters. The Morgan fingerprint density at radius 2 is 2.00 bits per heavy atom. The summed E-state index contributed by atoms with van der Waals surface area (Å²) >= 11 is 0. The second kappa shape index (κ2) is 3.65. The zero-order chi connectivity index (χ0) is 12.8. The first kappa shape index (κ1) is 11.8. The van der Waals surface area contributed by atoms with Crippen LogP contribution in [0.5, 0.6) is 0 Å². The van der Waals surface area contributed by atoms with E-state index in [-0.39, 0.29) is 5.69 Å². The highest BCUT2D eigenvalue weighted by Gasteiger charge is 2.33. The lowest BCUT2D eigenvalue weighted by atomic mass is 10.1. The average Bonchev–Trinajstić information content (AvgIpc) is 2.50. The topological polar surface area (TPSA) is 43.8 Å². The number of aryl methyl sites for hydroxylation is 2. The number of anilines is 1. The van der Waals surface area contributed by atoms with Gasteiger partial charge in [-0.15, -0.1) is 0 Å². The maximum absolute atomic E-state index is 12.7. The van der Waals surface area contributed by atoms with Crippen LogP contribution < -0.4 is 5.73 Å². The molecule has 17 heavy (non-hydrogen) atoms. The van der Waals surface area contributed by atoms with Gasteiger partial charge in [0.25, 0.3) is 0 Å². The molecule has 92 valence electrons. The van der Waals surface area contributed by atoms with E-state index >= 15 is 0 Å². The van der Waals surface area contributed by atoms with Gasteiger partial charge in [-0.25, -0.2) is 4.98 Å². The van der Waals surface area contributed by atoms with Gasteiger partial charge in [-0.3, -0.25) is 0 Å². The normalized spacial score (nSPS) is 12.3. The summed E-state index contributed by atoms with van der Waals surface area (Å²) in [4.78, 5) is 4.11. The van der Waals surface area contributed by atoms with Gasteiger partial charge in [0.1, 0.15) is 5.82 Å². The number of nitrogens with zero attached hydrogens (tertiary/aromatic N) is 2. The molecule has 2 aromatic rings. The summed E-state index contributed by atoms with van der Waals surface area (Å²) in [5.74, 6) is 0.682. The minimum Gasteiger partial charge on any atom is -0.398 e. The largest absolute Gasteiger partial charge is 0.418 e. The molecule has 0 saturated heterocycles. The van der Waals surface area contributed by atoms with Crippen LogP contribution >= 0.6 is 0 Å². The van der Waals surface area contributed by atoms with Gasteiger partial charge in [0.2, 0.25) is 0 Å². The molecule has 3 nitrogen and oxygen atoms in total. The van der Waals surface area contributed by atoms with Gasteiger partial charge >= 0.3 is 6.18 Å². The third kappa shape index (κ3) is 1.83. The van der Waals surface area contributed by atoms with Crippen molar-refractivity contribution in [1.82, 2.24) is 9.55 Å². The molecule has 0 spiro atoms. The van der Waals surface area contributed by atoms with Crippen molar-refractivity contribution >= 4 is 16.7 Å². The SMILES string of the molecule is CCn1c(C)nc2cc(C(F)(F)F)c(N)cc21. The van der Waals surface area contributed by atoms with Gasteiger partial charge in [0, 0.05) is 12.2 Å². The van der Waals surface area contributed by atoms with E-state index in [9.17, 15) is 13.2 Å². The lowest BCUT2D eigenvalue weighted by molar-refractivity contribution is -0.136. The Balaban J connectivity index is 2.75. The molecular formula is C11H12F3N3. The fourth-order valence-electron chi connectivity index (χ4n) is 1.95. The van der Waals surface area contributed by atoms with Crippen LogP contribution in [-0.2, 0) is 12.7 Å². The smallest absolute Gasteiger partial charge is 0.398 e. The van der Waals surface area contributed by atoms with Gasteiger partial charge in [-0.1, -0.05) is 0 Å². The fraction of sp³-hybridized carbons (Fsp3) is 0.364. The van der Waals surface area contributed by atoms with Crippen LogP contribution in [0.1, 0.15) is 18.3 Å². The third-order valence-electron chi connectivity index (χ3n) is 2.73. The Kier molecular flexibility index (Phi) is 2.52. The van der Waals surface area contributed by atoms with E-state index in [1.165, 1.54) is 6.07 Å². The summed E-state index contributed by atoms with van der Waals surface area (Å²) in [6, 6.07) is 2.34. The predicted molar refractivity (Wildman–Crippen MR) is 59.6 cm³/mol. The van der Waals surface area contributed by atoms with E-state index in [4.69, 9.17) is 5.73 Å². The van der Waals surface area contributed by atoms with E-state index in [0.29, 0.717) is 23.4 Å². The molecular weight excluding hydrogens is 231 g/mol. The van der Waals surface area contributed by atoms with Crippen LogP contribution in [0.4, 0.5) is 18.9 Å². The average molecular weight is 243 g/mol. The quantitative estimate of drug-likeness (QED) is 0.782. The number of nitrogen functional groups attached to an aromatic ring is 1. The number of benzene rings is 1. The highest BCUT2D eigenvalue weighted by atomic mass is 19.4. The van der Waals surface area contributed by atoms with Crippen molar-refractivity contribution in [3.05, 3.63) is 23.5 Å². The first-order chi connectivity index (χ1) is 7.84. The first-order valence-electron chi connectivity index (χ1n) is 5.18. The summed E-state index contributed by atoms with van der Waals surface area (Å²) in [5, 5.41) is 0. The lowest BCUT2D eigenvalue weighted by Gasteiger charge is -2.10. The fourth-order valence-corrected chi connectivity index (χ4v) is 1.95. The number of rotatable bonds is 1. The Labute approximate surface area is 96.0 Å². The number of alkyl halides is 3. The molecule has 0 fully saturated rings. The molecule has 2 rings (SSSR count). The molecule has 0 aliphatic heterocycles. The van der Waals surface area contributed by atoms with Crippen LogP contribution in [0.25, 0.3) is 11.0 Å². The standard InChI is InChI=1S/C11H12F3N3/c1-3-17-6(2)16-9-4-7(11(12,13)14)8(15)5-10(9)17/h4-5H,3,15H2,1-2H3. The molecule has 0 aliphatic rings. The highest BCUT2D eigenvalue weighted by molar-refractivity contribution is 5.82. The number of imidazole rings is 1. The van der Waals surface area contributed by atoms with Crippen molar-refractivity contribution in [1.29, 1.82) is 0 Å². The van der Waals surface area contributed by atoms with Gasteiger partial charge in [0.15, 0.2) is 0 Å². The summed E-state index contributed by atoms with van der Waals surface area (Å²) < 4.78 is 39.8. The van der Waals surface area contributed by atoms with Crippen LogP contribution in [0.15, 0.2) is 12.1 Å². The highest BCUT2D eigenvalue weighted by Crippen LogP contribution is 2.36. The van der Waals surface area contributed by atoms with Crippen LogP contribution in [0.3, 0.4) is 0 Å². The number of aromatic nitrogens is 2. The number of halogens is 3. The predicted octanol–water partition coefficient (Wildman–Crippen LogP) is 2.97. The monoisotopic (exact) mass is 243 g/mol. The van der Waals surface area contributed by atoms with E-state index < -0.39 is 11.7 Å². The van der Waals surface area contributed by atoms with Gasteiger partial charge in [0.05, 0.1) is 16.6 Å². The first-order valence-corrected chi connectivity index (χ1v) is 5.18. The minimum atomic E-state index is -4.44. The molecule has 0 saturated carbocycles. The Bertz CT molecular complexity index is 569. The minimum absolute atomic E-state index is 0.264. The number of hydrogen-bond donors (Lipinski definition) is 1. The molecule has 0 atom stereocenters. The van der Waals surface area contributed by atoms with Gasteiger partial charge in [-0.2, -0.15) is 13.2 Å². The van der Waals surface area contributed by atoms with E-state index in [0.717, 1.165) is 6.07 Å². The van der Waals surface area contributed by atoms with E-state index in [1.807, 2.05) is 11.5 Å². The molecule has 0 radical (unpaired) electrons. The lowest BCUT2D eigenvalue weighted by Crippen LogP contribution is -2.09. The number of fused-ring (bicyclic) bond motifs is 1. The Morgan fingerprint density at radius 3 is 2.53 bits per heavy atom. The molecule has 2 N–H and O–H groups in total. The maximum Gasteiger partial charge on any atom is 0.418 e. The zero-order valence-electron chi connectivity index (χ0n) is 9.47. The Morgan fingerprint density at radius 1 is 1.35 bits per heavy atom. The summed E-state index contributed by atoms with van der Waals surface area (Å²) in [7, 11) is 0. The molecule has 1 aromatic heterocycles. The summed E-state index contributed by atoms with van der Waals surface area (Å²) in [6.07, 6.45) is -4.44. The molecule has 0 bridgehead atoms. The van der Waals surface area contributed by atoms with Gasteiger partial charge < -0.3 is 10.3 Å². The molecule has 1 aromatic carbocycles. The van der Waals surface area contributed by atoms with Crippen LogP contribution in [0, 0.1) is 6.92 Å². The number of hydrogen-bond acceptors (Lipinski definition) is 2. The zero-order valence-corrected chi connectivity index (χ0v) is 9.47. The van der Waals surface area contributed by atoms with Crippen molar-refractivity contribution in [2.45, 2.75) is 26.6 Å². The van der Waals surface area contributed by atoms with E-state index in [1.54, 1.807) is 6.92 Å². The maximum atomic E-state index is 12.7. The second-order valence-corrected chi connectivity index (χ2v) is 3.83. The third-order valence-corrected chi connectivity index (χ3v) is 2.73. The molecule has 6 heteroatoms. The van der Waals surface area contributed by atoms with Crippen molar-refractivity contribution in [3.63, 3.8) is 0 Å². The molecule has 0 aliphatic carbocycles. The van der Waals surface area contributed by atoms with Crippen LogP contribution in [0.2, 0.25) is 0 Å². The molecule has 1 heterocycles. The van der Waals surface area contributed by atoms with Crippen molar-refractivity contribution < 1.29 is 13.2 Å².